The van der Waals surface area contributed by atoms with Gasteiger partial charge in [-0.1, -0.05) is 67.0 Å². The fourth-order valence-corrected chi connectivity index (χ4v) is 3.41. The first kappa shape index (κ1) is 24.9. The van der Waals surface area contributed by atoms with Crippen LogP contribution in [0.15, 0.2) is 53.0 Å². The zero-order chi connectivity index (χ0) is 23.0. The zero-order valence-electron chi connectivity index (χ0n) is 19.0. The Hall–Kier alpha value is -2.34. The first-order valence-corrected chi connectivity index (χ1v) is 11.6. The third-order valence-corrected chi connectivity index (χ3v) is 5.86. The smallest absolute Gasteiger partial charge is 0.261 e. The summed E-state index contributed by atoms with van der Waals surface area (Å²) in [5.74, 6) is 0.590. The van der Waals surface area contributed by atoms with Crippen molar-refractivity contribution in [1.29, 1.82) is 0 Å². The number of nitrogens with one attached hydrogen (secondary N) is 1. The normalized spacial score (nSPS) is 12.9. The molecular weight excluding hydrogens is 456 g/mol. The van der Waals surface area contributed by atoms with Gasteiger partial charge < -0.3 is 15.0 Å². The number of carbonyl (C=O) groups is 2. The van der Waals surface area contributed by atoms with Gasteiger partial charge in [0.25, 0.3) is 5.91 Å². The molecule has 2 rings (SSSR count). The molecule has 168 valence electrons. The van der Waals surface area contributed by atoms with Gasteiger partial charge in [0.2, 0.25) is 5.91 Å². The molecule has 31 heavy (non-hydrogen) atoms. The Morgan fingerprint density at radius 3 is 2.29 bits per heavy atom. The summed E-state index contributed by atoms with van der Waals surface area (Å²) >= 11 is 3.43. The molecule has 2 aromatic carbocycles. The molecule has 0 aliphatic carbocycles. The van der Waals surface area contributed by atoms with Crippen molar-refractivity contribution in [1.82, 2.24) is 10.2 Å². The van der Waals surface area contributed by atoms with E-state index in [4.69, 9.17) is 4.74 Å². The molecule has 0 saturated carbocycles. The highest BCUT2D eigenvalue weighted by Crippen LogP contribution is 2.26. The van der Waals surface area contributed by atoms with Gasteiger partial charge in [0, 0.05) is 17.1 Å². The summed E-state index contributed by atoms with van der Waals surface area (Å²) in [7, 11) is 0. The molecule has 0 fully saturated rings. The van der Waals surface area contributed by atoms with Crippen molar-refractivity contribution in [3.63, 3.8) is 0 Å². The monoisotopic (exact) mass is 488 g/mol. The summed E-state index contributed by atoms with van der Waals surface area (Å²) in [5, 5.41) is 2.98. The Labute approximate surface area is 194 Å². The van der Waals surface area contributed by atoms with E-state index < -0.39 is 6.04 Å². The van der Waals surface area contributed by atoms with Gasteiger partial charge in [-0.25, -0.2) is 0 Å². The third-order valence-electron chi connectivity index (χ3n) is 5.33. The van der Waals surface area contributed by atoms with Crippen LogP contribution in [0.5, 0.6) is 5.75 Å². The van der Waals surface area contributed by atoms with E-state index in [0.717, 1.165) is 22.0 Å². The Kier molecular flexibility index (Phi) is 9.56. The van der Waals surface area contributed by atoms with Gasteiger partial charge in [-0.3, -0.25) is 9.59 Å². The van der Waals surface area contributed by atoms with E-state index in [0.29, 0.717) is 12.3 Å². The summed E-state index contributed by atoms with van der Waals surface area (Å²) in [4.78, 5) is 27.5. The van der Waals surface area contributed by atoms with Crippen LogP contribution in [0.3, 0.4) is 0 Å². The number of rotatable bonds is 10. The molecule has 2 atom stereocenters. The first-order valence-electron chi connectivity index (χ1n) is 10.8. The number of hydrogen-bond acceptors (Lipinski definition) is 3. The van der Waals surface area contributed by atoms with Crippen LogP contribution in [0.25, 0.3) is 0 Å². The van der Waals surface area contributed by atoms with Gasteiger partial charge in [-0.2, -0.15) is 0 Å². The zero-order valence-corrected chi connectivity index (χ0v) is 20.6. The van der Waals surface area contributed by atoms with Crippen molar-refractivity contribution in [3.05, 3.63) is 64.1 Å². The SMILES string of the molecule is CCC(C)NC(=O)C(C)N(Cc1ccc(Br)cc1)C(=O)COc1ccccc1C(C)C. The Bertz CT molecular complexity index is 867. The fraction of sp³-hybridized carbons (Fsp3) is 0.440. The van der Waals surface area contributed by atoms with E-state index in [1.54, 1.807) is 11.8 Å². The lowest BCUT2D eigenvalue weighted by Gasteiger charge is -2.29. The van der Waals surface area contributed by atoms with Crippen LogP contribution in [0.2, 0.25) is 0 Å². The maximum absolute atomic E-state index is 13.2. The van der Waals surface area contributed by atoms with Crippen LogP contribution in [0, 0.1) is 0 Å². The quantitative estimate of drug-likeness (QED) is 0.494. The number of ether oxygens (including phenoxy) is 1. The molecule has 6 heteroatoms. The third kappa shape index (κ3) is 7.39. The minimum Gasteiger partial charge on any atom is -0.483 e. The molecule has 2 amide bonds. The highest BCUT2D eigenvalue weighted by atomic mass is 79.9. The van der Waals surface area contributed by atoms with Crippen molar-refractivity contribution >= 4 is 27.7 Å². The van der Waals surface area contributed by atoms with Crippen molar-refractivity contribution < 1.29 is 14.3 Å². The number of halogens is 1. The van der Waals surface area contributed by atoms with Gasteiger partial charge >= 0.3 is 0 Å². The summed E-state index contributed by atoms with van der Waals surface area (Å²) in [6, 6.07) is 14.9. The Morgan fingerprint density at radius 1 is 1.03 bits per heavy atom. The second kappa shape index (κ2) is 11.9. The van der Waals surface area contributed by atoms with E-state index in [9.17, 15) is 9.59 Å². The number of nitrogens with zero attached hydrogens (tertiary/aromatic N) is 1. The van der Waals surface area contributed by atoms with E-state index in [1.807, 2.05) is 62.4 Å². The molecule has 0 saturated heterocycles. The predicted octanol–water partition coefficient (Wildman–Crippen LogP) is 5.28. The number of carbonyl (C=O) groups excluding carboxylic acids is 2. The molecule has 0 aliphatic heterocycles. The number of para-hydroxylation sites is 1. The molecule has 0 radical (unpaired) electrons. The van der Waals surface area contributed by atoms with Crippen LogP contribution in [0.4, 0.5) is 0 Å². The molecule has 0 spiro atoms. The number of amides is 2. The predicted molar refractivity (Wildman–Crippen MR) is 128 cm³/mol. The van der Waals surface area contributed by atoms with Crippen LogP contribution >= 0.6 is 15.9 Å². The lowest BCUT2D eigenvalue weighted by atomic mass is 10.0. The minimum absolute atomic E-state index is 0.0498. The molecule has 0 heterocycles. The maximum atomic E-state index is 13.2. The van der Waals surface area contributed by atoms with E-state index in [-0.39, 0.29) is 30.4 Å². The molecule has 2 unspecified atom stereocenters. The maximum Gasteiger partial charge on any atom is 0.261 e. The molecule has 2 aromatic rings. The lowest BCUT2D eigenvalue weighted by Crippen LogP contribution is -2.50. The molecular formula is C25H33BrN2O3. The highest BCUT2D eigenvalue weighted by molar-refractivity contribution is 9.10. The number of hydrogen-bond donors (Lipinski definition) is 1. The average Bonchev–Trinajstić information content (AvgIpc) is 2.76. The Morgan fingerprint density at radius 2 is 1.68 bits per heavy atom. The summed E-state index contributed by atoms with van der Waals surface area (Å²) in [6.07, 6.45) is 0.828. The van der Waals surface area contributed by atoms with Crippen LogP contribution in [0.1, 0.15) is 58.1 Å². The number of benzene rings is 2. The molecule has 0 aromatic heterocycles. The van der Waals surface area contributed by atoms with E-state index in [2.05, 4.69) is 35.1 Å². The second-order valence-electron chi connectivity index (χ2n) is 8.12. The van der Waals surface area contributed by atoms with Crippen molar-refractivity contribution in [3.8, 4) is 5.75 Å². The van der Waals surface area contributed by atoms with Gasteiger partial charge in [-0.15, -0.1) is 0 Å². The standard InChI is InChI=1S/C25H33BrN2O3/c1-6-18(4)27-25(30)19(5)28(15-20-11-13-21(26)14-12-20)24(29)16-31-23-10-8-7-9-22(23)17(2)3/h7-14,17-19H,6,15-16H2,1-5H3,(H,27,30). The summed E-state index contributed by atoms with van der Waals surface area (Å²) in [5.41, 5.74) is 2.00. The fourth-order valence-electron chi connectivity index (χ4n) is 3.15. The van der Waals surface area contributed by atoms with Crippen LogP contribution < -0.4 is 10.1 Å². The minimum atomic E-state index is -0.617. The van der Waals surface area contributed by atoms with E-state index in [1.165, 1.54) is 0 Å². The van der Waals surface area contributed by atoms with Gasteiger partial charge in [0.15, 0.2) is 6.61 Å². The molecule has 1 N–H and O–H groups in total. The van der Waals surface area contributed by atoms with Gasteiger partial charge in [-0.05, 0) is 55.5 Å². The average molecular weight is 489 g/mol. The summed E-state index contributed by atoms with van der Waals surface area (Å²) < 4.78 is 6.86. The topological polar surface area (TPSA) is 58.6 Å². The lowest BCUT2D eigenvalue weighted by molar-refractivity contribution is -0.142. The molecule has 5 nitrogen and oxygen atoms in total. The van der Waals surface area contributed by atoms with Crippen molar-refractivity contribution in [2.24, 2.45) is 0 Å². The highest BCUT2D eigenvalue weighted by Gasteiger charge is 2.27. The first-order chi connectivity index (χ1) is 14.7. The van der Waals surface area contributed by atoms with Crippen molar-refractivity contribution in [2.45, 2.75) is 65.6 Å². The van der Waals surface area contributed by atoms with Crippen LogP contribution in [-0.4, -0.2) is 35.4 Å². The van der Waals surface area contributed by atoms with Crippen molar-refractivity contribution in [2.75, 3.05) is 6.61 Å². The van der Waals surface area contributed by atoms with E-state index >= 15 is 0 Å². The molecule has 0 aliphatic rings. The van der Waals surface area contributed by atoms with Gasteiger partial charge in [0.05, 0.1) is 0 Å². The largest absolute Gasteiger partial charge is 0.483 e. The summed E-state index contributed by atoms with van der Waals surface area (Å²) in [6.45, 7) is 10.1. The van der Waals surface area contributed by atoms with Crippen LogP contribution in [-0.2, 0) is 16.1 Å². The molecule has 0 bridgehead atoms. The second-order valence-corrected chi connectivity index (χ2v) is 9.04. The Balaban J connectivity index is 2.19. The van der Waals surface area contributed by atoms with Gasteiger partial charge in [0.1, 0.15) is 11.8 Å².